The van der Waals surface area contributed by atoms with Gasteiger partial charge in [-0.2, -0.15) is 0 Å². The zero-order valence-corrected chi connectivity index (χ0v) is 12.2. The third-order valence-electron chi connectivity index (χ3n) is 3.74. The molecule has 0 bridgehead atoms. The molecule has 0 radical (unpaired) electrons. The maximum atomic E-state index is 5.33. The lowest BCUT2D eigenvalue weighted by Gasteiger charge is -2.14. The van der Waals surface area contributed by atoms with Gasteiger partial charge in [-0.3, -0.25) is 0 Å². The van der Waals surface area contributed by atoms with Gasteiger partial charge in [0.2, 0.25) is 0 Å². The van der Waals surface area contributed by atoms with Crippen LogP contribution in [0.4, 0.5) is 17.3 Å². The average Bonchev–Trinajstić information content (AvgIpc) is 3.01. The molecule has 1 aromatic heterocycles. The van der Waals surface area contributed by atoms with Crippen molar-refractivity contribution >= 4 is 17.3 Å². The van der Waals surface area contributed by atoms with E-state index in [4.69, 9.17) is 4.74 Å². The number of ether oxygens (including phenoxy) is 1. The summed E-state index contributed by atoms with van der Waals surface area (Å²) in [5, 5.41) is 6.75. The van der Waals surface area contributed by atoms with Crippen molar-refractivity contribution in [2.45, 2.75) is 31.7 Å². The van der Waals surface area contributed by atoms with Gasteiger partial charge < -0.3 is 15.4 Å². The Kier molecular flexibility index (Phi) is 4.19. The van der Waals surface area contributed by atoms with Crippen LogP contribution in [0.25, 0.3) is 0 Å². The van der Waals surface area contributed by atoms with E-state index >= 15 is 0 Å². The molecule has 0 saturated heterocycles. The molecule has 0 amide bonds. The standard InChI is InChI=1S/C16H20N4O/c1-21-14-9-5-4-8-13(14)20-16-10-15(17-11-18-16)19-12-6-2-3-7-12/h4-5,8-12H,2-3,6-7H2,1H3,(H2,17,18,19,20). The fourth-order valence-corrected chi connectivity index (χ4v) is 2.67. The topological polar surface area (TPSA) is 59.1 Å². The SMILES string of the molecule is COc1ccccc1Nc1cc(NC2CCCC2)ncn1. The van der Waals surface area contributed by atoms with E-state index in [1.54, 1.807) is 13.4 Å². The van der Waals surface area contributed by atoms with Crippen molar-refractivity contribution < 1.29 is 4.74 Å². The maximum absolute atomic E-state index is 5.33. The zero-order chi connectivity index (χ0) is 14.5. The van der Waals surface area contributed by atoms with Crippen LogP contribution in [-0.2, 0) is 0 Å². The Hall–Kier alpha value is -2.30. The summed E-state index contributed by atoms with van der Waals surface area (Å²) < 4.78 is 5.33. The summed E-state index contributed by atoms with van der Waals surface area (Å²) in [6, 6.07) is 10.3. The Balaban J connectivity index is 1.73. The van der Waals surface area contributed by atoms with Crippen LogP contribution in [-0.4, -0.2) is 23.1 Å². The minimum absolute atomic E-state index is 0.541. The van der Waals surface area contributed by atoms with E-state index in [2.05, 4.69) is 20.6 Å². The normalized spacial score (nSPS) is 14.9. The second-order valence-corrected chi connectivity index (χ2v) is 5.24. The van der Waals surface area contributed by atoms with Crippen molar-refractivity contribution in [3.05, 3.63) is 36.7 Å². The van der Waals surface area contributed by atoms with Gasteiger partial charge in [0.05, 0.1) is 12.8 Å². The molecule has 0 spiro atoms. The fraction of sp³-hybridized carbons (Fsp3) is 0.375. The smallest absolute Gasteiger partial charge is 0.142 e. The van der Waals surface area contributed by atoms with Gasteiger partial charge in [0.1, 0.15) is 23.7 Å². The van der Waals surface area contributed by atoms with Crippen LogP contribution in [0.15, 0.2) is 36.7 Å². The molecule has 5 heteroatoms. The lowest BCUT2D eigenvalue weighted by Crippen LogP contribution is -2.15. The highest BCUT2D eigenvalue weighted by atomic mass is 16.5. The quantitative estimate of drug-likeness (QED) is 0.878. The third-order valence-corrected chi connectivity index (χ3v) is 3.74. The van der Waals surface area contributed by atoms with E-state index in [9.17, 15) is 0 Å². The van der Waals surface area contributed by atoms with Gasteiger partial charge in [-0.05, 0) is 25.0 Å². The number of benzene rings is 1. The molecular formula is C16H20N4O. The molecular weight excluding hydrogens is 264 g/mol. The van der Waals surface area contributed by atoms with Crippen molar-refractivity contribution in [1.82, 2.24) is 9.97 Å². The van der Waals surface area contributed by atoms with Gasteiger partial charge in [0.15, 0.2) is 0 Å². The minimum Gasteiger partial charge on any atom is -0.495 e. The van der Waals surface area contributed by atoms with Gasteiger partial charge in [-0.25, -0.2) is 9.97 Å². The summed E-state index contributed by atoms with van der Waals surface area (Å²) in [4.78, 5) is 8.56. The molecule has 0 unspecified atom stereocenters. The number of methoxy groups -OCH3 is 1. The van der Waals surface area contributed by atoms with E-state index in [1.807, 2.05) is 30.3 Å². The molecule has 0 aliphatic heterocycles. The number of aromatic nitrogens is 2. The molecule has 1 saturated carbocycles. The number of nitrogens with one attached hydrogen (secondary N) is 2. The number of hydrogen-bond acceptors (Lipinski definition) is 5. The van der Waals surface area contributed by atoms with Crippen molar-refractivity contribution in [1.29, 1.82) is 0 Å². The first-order chi connectivity index (χ1) is 10.3. The summed E-state index contributed by atoms with van der Waals surface area (Å²) >= 11 is 0. The van der Waals surface area contributed by atoms with Crippen molar-refractivity contribution in [3.8, 4) is 5.75 Å². The molecule has 0 atom stereocenters. The summed E-state index contributed by atoms with van der Waals surface area (Å²) in [5.41, 5.74) is 0.894. The van der Waals surface area contributed by atoms with E-state index in [0.717, 1.165) is 23.1 Å². The van der Waals surface area contributed by atoms with Crippen LogP contribution >= 0.6 is 0 Å². The molecule has 2 aromatic rings. The fourth-order valence-electron chi connectivity index (χ4n) is 2.67. The monoisotopic (exact) mass is 284 g/mol. The van der Waals surface area contributed by atoms with Crippen LogP contribution in [0, 0.1) is 0 Å². The van der Waals surface area contributed by atoms with Crippen molar-refractivity contribution in [3.63, 3.8) is 0 Å². The highest BCUT2D eigenvalue weighted by Crippen LogP contribution is 2.27. The first kappa shape index (κ1) is 13.7. The lowest BCUT2D eigenvalue weighted by molar-refractivity contribution is 0.417. The molecule has 1 aliphatic rings. The molecule has 1 aliphatic carbocycles. The number of nitrogens with zero attached hydrogens (tertiary/aromatic N) is 2. The average molecular weight is 284 g/mol. The Labute approximate surface area is 124 Å². The zero-order valence-electron chi connectivity index (χ0n) is 12.2. The van der Waals surface area contributed by atoms with Crippen molar-refractivity contribution in [2.75, 3.05) is 17.7 Å². The lowest BCUT2D eigenvalue weighted by atomic mass is 10.2. The van der Waals surface area contributed by atoms with Crippen molar-refractivity contribution in [2.24, 2.45) is 0 Å². The molecule has 1 heterocycles. The Morgan fingerprint density at radius 1 is 1.10 bits per heavy atom. The van der Waals surface area contributed by atoms with Crippen LogP contribution in [0.2, 0.25) is 0 Å². The predicted molar refractivity (Wildman–Crippen MR) is 84.2 cm³/mol. The van der Waals surface area contributed by atoms with Crippen LogP contribution in [0.1, 0.15) is 25.7 Å². The largest absolute Gasteiger partial charge is 0.495 e. The van der Waals surface area contributed by atoms with Crippen LogP contribution in [0.3, 0.4) is 0 Å². The van der Waals surface area contributed by atoms with E-state index in [0.29, 0.717) is 6.04 Å². The molecule has 110 valence electrons. The Bertz CT molecular complexity index is 596. The third kappa shape index (κ3) is 3.42. The summed E-state index contributed by atoms with van der Waals surface area (Å²) in [7, 11) is 1.66. The predicted octanol–water partition coefficient (Wildman–Crippen LogP) is 3.58. The Morgan fingerprint density at radius 2 is 1.86 bits per heavy atom. The number of rotatable bonds is 5. The van der Waals surface area contributed by atoms with Crippen LogP contribution < -0.4 is 15.4 Å². The molecule has 3 rings (SSSR count). The highest BCUT2D eigenvalue weighted by molar-refractivity contribution is 5.65. The Morgan fingerprint density at radius 3 is 2.67 bits per heavy atom. The highest BCUT2D eigenvalue weighted by Gasteiger charge is 2.15. The second-order valence-electron chi connectivity index (χ2n) is 5.24. The van der Waals surface area contributed by atoms with E-state index < -0.39 is 0 Å². The number of para-hydroxylation sites is 2. The number of anilines is 3. The van der Waals surface area contributed by atoms with E-state index in [-0.39, 0.29) is 0 Å². The summed E-state index contributed by atoms with van der Waals surface area (Å²) in [6.45, 7) is 0. The van der Waals surface area contributed by atoms with Gasteiger partial charge in [0, 0.05) is 12.1 Å². The summed E-state index contributed by atoms with van der Waals surface area (Å²) in [5.74, 6) is 2.42. The van der Waals surface area contributed by atoms with E-state index in [1.165, 1.54) is 25.7 Å². The van der Waals surface area contributed by atoms with Gasteiger partial charge >= 0.3 is 0 Å². The molecule has 2 N–H and O–H groups in total. The minimum atomic E-state index is 0.541. The molecule has 21 heavy (non-hydrogen) atoms. The second kappa shape index (κ2) is 6.43. The molecule has 1 aromatic carbocycles. The first-order valence-corrected chi connectivity index (χ1v) is 7.34. The molecule has 1 fully saturated rings. The first-order valence-electron chi connectivity index (χ1n) is 7.34. The maximum Gasteiger partial charge on any atom is 0.142 e. The van der Waals surface area contributed by atoms with Gasteiger partial charge in [-0.15, -0.1) is 0 Å². The number of hydrogen-bond donors (Lipinski definition) is 2. The van der Waals surface area contributed by atoms with Crippen LogP contribution in [0.5, 0.6) is 5.75 Å². The van der Waals surface area contributed by atoms with Gasteiger partial charge in [0.25, 0.3) is 0 Å². The molecule has 5 nitrogen and oxygen atoms in total. The van der Waals surface area contributed by atoms with Gasteiger partial charge in [-0.1, -0.05) is 25.0 Å². The summed E-state index contributed by atoms with van der Waals surface area (Å²) in [6.07, 6.45) is 6.62.